The van der Waals surface area contributed by atoms with Crippen LogP contribution in [0.15, 0.2) is 42.5 Å². The number of para-hydroxylation sites is 1. The predicted molar refractivity (Wildman–Crippen MR) is 76.5 cm³/mol. The molecule has 0 aliphatic carbocycles. The number of carbonyl (C=O) groups is 2. The van der Waals surface area contributed by atoms with E-state index in [2.05, 4.69) is 11.9 Å². The highest BCUT2D eigenvalue weighted by Gasteiger charge is 2.16. The molecule has 6 heteroatoms. The van der Waals surface area contributed by atoms with Crippen LogP contribution in [-0.2, 0) is 14.3 Å². The molecule has 1 aromatic rings. The van der Waals surface area contributed by atoms with Crippen molar-refractivity contribution in [3.8, 4) is 5.75 Å². The Morgan fingerprint density at radius 3 is 2.62 bits per heavy atom. The molecule has 1 rings (SSSR count). The summed E-state index contributed by atoms with van der Waals surface area (Å²) in [6.45, 7) is 5.49. The van der Waals surface area contributed by atoms with Crippen LogP contribution in [0.3, 0.4) is 0 Å². The maximum atomic E-state index is 11.5. The zero-order chi connectivity index (χ0) is 15.7. The van der Waals surface area contributed by atoms with Crippen LogP contribution in [-0.4, -0.2) is 36.4 Å². The molecule has 0 aromatic heterocycles. The number of ether oxygens (including phenoxy) is 2. The monoisotopic (exact) mass is 293 g/mol. The van der Waals surface area contributed by atoms with Gasteiger partial charge in [0, 0.05) is 12.1 Å². The second kappa shape index (κ2) is 8.89. The van der Waals surface area contributed by atoms with E-state index in [9.17, 15) is 14.7 Å². The topological polar surface area (TPSA) is 84.9 Å². The van der Waals surface area contributed by atoms with Gasteiger partial charge in [0.05, 0.1) is 6.61 Å². The van der Waals surface area contributed by atoms with E-state index < -0.39 is 18.2 Å². The number of hydrogen-bond acceptors (Lipinski definition) is 6. The molecular formula is C15H19NO5. The summed E-state index contributed by atoms with van der Waals surface area (Å²) in [6, 6.07) is 8.46. The molecular weight excluding hydrogens is 274 g/mol. The van der Waals surface area contributed by atoms with Crippen LogP contribution in [0, 0.1) is 0 Å². The zero-order valence-corrected chi connectivity index (χ0v) is 11.9. The molecule has 0 unspecified atom stereocenters. The number of nitrogens with one attached hydrogen (secondary N) is 1. The van der Waals surface area contributed by atoms with Crippen molar-refractivity contribution < 1.29 is 24.2 Å². The Kier molecular flexibility index (Phi) is 7.14. The third kappa shape index (κ3) is 6.69. The summed E-state index contributed by atoms with van der Waals surface area (Å²) in [7, 11) is 0. The number of hydrogen-bond donors (Lipinski definition) is 2. The lowest BCUT2D eigenvalue weighted by Gasteiger charge is -2.12. The van der Waals surface area contributed by atoms with Gasteiger partial charge in [-0.05, 0) is 25.5 Å². The number of rotatable bonds is 8. The van der Waals surface area contributed by atoms with Gasteiger partial charge in [-0.3, -0.25) is 5.32 Å². The standard InChI is InChI=1S/C15H19NO5/c1-11(2)14(18)20-10-6-9-16-13(17)15(19)21-12-7-4-3-5-8-12/h3-5,7-8,13,16-17H,1,6,9-10H2,2H3/t13-/m0/s1. The number of carbonyl (C=O) groups excluding carboxylic acids is 2. The van der Waals surface area contributed by atoms with Crippen molar-refractivity contribution in [2.45, 2.75) is 19.6 Å². The van der Waals surface area contributed by atoms with Crippen molar-refractivity contribution in [1.29, 1.82) is 0 Å². The molecule has 21 heavy (non-hydrogen) atoms. The van der Waals surface area contributed by atoms with Crippen molar-refractivity contribution >= 4 is 11.9 Å². The summed E-state index contributed by atoms with van der Waals surface area (Å²) in [6.07, 6.45) is -0.976. The SMILES string of the molecule is C=C(C)C(=O)OCCCN[C@@H](O)C(=O)Oc1ccccc1. The zero-order valence-electron chi connectivity index (χ0n) is 11.9. The van der Waals surface area contributed by atoms with Crippen LogP contribution in [0.1, 0.15) is 13.3 Å². The summed E-state index contributed by atoms with van der Waals surface area (Å²) in [4.78, 5) is 22.6. The highest BCUT2D eigenvalue weighted by molar-refractivity contribution is 5.86. The Morgan fingerprint density at radius 1 is 1.33 bits per heavy atom. The summed E-state index contributed by atoms with van der Waals surface area (Å²) in [5.74, 6) is -0.891. The van der Waals surface area contributed by atoms with Crippen molar-refractivity contribution in [1.82, 2.24) is 5.32 Å². The van der Waals surface area contributed by atoms with E-state index in [4.69, 9.17) is 9.47 Å². The van der Waals surface area contributed by atoms with E-state index >= 15 is 0 Å². The third-order valence-corrected chi connectivity index (χ3v) is 2.43. The van der Waals surface area contributed by atoms with Gasteiger partial charge in [0.2, 0.25) is 6.23 Å². The van der Waals surface area contributed by atoms with Gasteiger partial charge in [-0.15, -0.1) is 0 Å². The summed E-state index contributed by atoms with van der Waals surface area (Å²) >= 11 is 0. The Balaban J connectivity index is 2.18. The average molecular weight is 293 g/mol. The molecule has 6 nitrogen and oxygen atoms in total. The Morgan fingerprint density at radius 2 is 2.00 bits per heavy atom. The van der Waals surface area contributed by atoms with Crippen molar-refractivity contribution in [3.05, 3.63) is 42.5 Å². The molecule has 1 aromatic carbocycles. The summed E-state index contributed by atoms with van der Waals surface area (Å²) in [5.41, 5.74) is 0.328. The summed E-state index contributed by atoms with van der Waals surface area (Å²) in [5, 5.41) is 12.1. The lowest BCUT2D eigenvalue weighted by molar-refractivity contribution is -0.146. The fraction of sp³-hybridized carbons (Fsp3) is 0.333. The molecule has 0 fully saturated rings. The van der Waals surface area contributed by atoms with Gasteiger partial charge in [-0.1, -0.05) is 24.8 Å². The lowest BCUT2D eigenvalue weighted by Crippen LogP contribution is -2.40. The highest BCUT2D eigenvalue weighted by Crippen LogP contribution is 2.08. The van der Waals surface area contributed by atoms with E-state index in [1.165, 1.54) is 0 Å². The van der Waals surface area contributed by atoms with E-state index in [1.807, 2.05) is 0 Å². The molecule has 0 radical (unpaired) electrons. The molecule has 2 N–H and O–H groups in total. The molecule has 0 heterocycles. The van der Waals surface area contributed by atoms with E-state index in [0.717, 1.165) is 0 Å². The maximum absolute atomic E-state index is 11.5. The van der Waals surface area contributed by atoms with E-state index in [1.54, 1.807) is 37.3 Å². The van der Waals surface area contributed by atoms with Crippen LogP contribution < -0.4 is 10.1 Å². The third-order valence-electron chi connectivity index (χ3n) is 2.43. The van der Waals surface area contributed by atoms with Crippen LogP contribution >= 0.6 is 0 Å². The lowest BCUT2D eigenvalue weighted by atomic mass is 10.3. The minimum absolute atomic E-state index is 0.180. The van der Waals surface area contributed by atoms with Gasteiger partial charge in [0.1, 0.15) is 5.75 Å². The van der Waals surface area contributed by atoms with E-state index in [0.29, 0.717) is 24.3 Å². The molecule has 1 atom stereocenters. The minimum Gasteiger partial charge on any atom is -0.462 e. The molecule has 0 aliphatic rings. The minimum atomic E-state index is -1.43. The molecule has 0 saturated heterocycles. The first-order chi connectivity index (χ1) is 10.0. The van der Waals surface area contributed by atoms with Crippen molar-refractivity contribution in [3.63, 3.8) is 0 Å². The molecule has 0 saturated carbocycles. The van der Waals surface area contributed by atoms with Crippen LogP contribution in [0.4, 0.5) is 0 Å². The normalized spacial score (nSPS) is 11.5. The maximum Gasteiger partial charge on any atom is 0.355 e. The van der Waals surface area contributed by atoms with Crippen molar-refractivity contribution in [2.75, 3.05) is 13.2 Å². The smallest absolute Gasteiger partial charge is 0.355 e. The van der Waals surface area contributed by atoms with Crippen LogP contribution in [0.5, 0.6) is 5.75 Å². The van der Waals surface area contributed by atoms with Gasteiger partial charge in [0.15, 0.2) is 0 Å². The van der Waals surface area contributed by atoms with Gasteiger partial charge >= 0.3 is 11.9 Å². The first kappa shape index (κ1) is 16.9. The second-order valence-corrected chi connectivity index (χ2v) is 4.36. The molecule has 0 amide bonds. The molecule has 0 spiro atoms. The van der Waals surface area contributed by atoms with Crippen molar-refractivity contribution in [2.24, 2.45) is 0 Å². The second-order valence-electron chi connectivity index (χ2n) is 4.36. The largest absolute Gasteiger partial charge is 0.462 e. The average Bonchev–Trinajstić information content (AvgIpc) is 2.47. The highest BCUT2D eigenvalue weighted by atomic mass is 16.6. The number of aliphatic hydroxyl groups is 1. The van der Waals surface area contributed by atoms with Gasteiger partial charge < -0.3 is 14.6 Å². The number of benzene rings is 1. The fourth-order valence-electron chi connectivity index (χ4n) is 1.34. The Hall–Kier alpha value is -2.18. The molecule has 0 aliphatic heterocycles. The summed E-state index contributed by atoms with van der Waals surface area (Å²) < 4.78 is 9.82. The Labute approximate surface area is 123 Å². The first-order valence-electron chi connectivity index (χ1n) is 6.51. The quantitative estimate of drug-likeness (QED) is 0.245. The van der Waals surface area contributed by atoms with Gasteiger partial charge in [0.25, 0.3) is 0 Å². The molecule has 114 valence electrons. The number of aliphatic hydroxyl groups excluding tert-OH is 1. The van der Waals surface area contributed by atoms with Crippen LogP contribution in [0.2, 0.25) is 0 Å². The first-order valence-corrected chi connectivity index (χ1v) is 6.51. The van der Waals surface area contributed by atoms with Gasteiger partial charge in [-0.25, -0.2) is 9.59 Å². The predicted octanol–water partition coefficient (Wildman–Crippen LogP) is 1.01. The van der Waals surface area contributed by atoms with E-state index in [-0.39, 0.29) is 6.61 Å². The Bertz CT molecular complexity index is 486. The number of esters is 2. The fourth-order valence-corrected chi connectivity index (χ4v) is 1.34. The van der Waals surface area contributed by atoms with Gasteiger partial charge in [-0.2, -0.15) is 0 Å². The van der Waals surface area contributed by atoms with Crippen LogP contribution in [0.25, 0.3) is 0 Å². The molecule has 0 bridgehead atoms.